The van der Waals surface area contributed by atoms with E-state index in [0.29, 0.717) is 6.54 Å². The first-order valence-electron chi connectivity index (χ1n) is 9.62. The first-order valence-corrected chi connectivity index (χ1v) is 11.1. The number of sulfonamides is 1. The van der Waals surface area contributed by atoms with Gasteiger partial charge in [-0.2, -0.15) is 0 Å². The SMILES string of the molecule is CCOC(=O)c1ccc(S(=O)(=O)Nc2ccccc2C(=O)NCc2ccccc2)cc1. The van der Waals surface area contributed by atoms with Gasteiger partial charge < -0.3 is 10.1 Å². The fourth-order valence-electron chi connectivity index (χ4n) is 2.83. The average Bonchev–Trinajstić information content (AvgIpc) is 2.78. The summed E-state index contributed by atoms with van der Waals surface area (Å²) >= 11 is 0. The molecule has 0 saturated carbocycles. The van der Waals surface area contributed by atoms with Crippen molar-refractivity contribution in [3.63, 3.8) is 0 Å². The first kappa shape index (κ1) is 22.0. The third-order valence-electron chi connectivity index (χ3n) is 4.39. The second-order valence-electron chi connectivity index (χ2n) is 6.56. The maximum atomic E-state index is 12.8. The second-order valence-corrected chi connectivity index (χ2v) is 8.25. The number of hydrogen-bond donors (Lipinski definition) is 2. The number of hydrogen-bond acceptors (Lipinski definition) is 5. The number of esters is 1. The van der Waals surface area contributed by atoms with E-state index in [-0.39, 0.29) is 28.3 Å². The molecule has 0 bridgehead atoms. The highest BCUT2D eigenvalue weighted by Gasteiger charge is 2.19. The molecule has 0 aliphatic rings. The van der Waals surface area contributed by atoms with Crippen LogP contribution in [0.1, 0.15) is 33.2 Å². The maximum absolute atomic E-state index is 12.8. The fraction of sp³-hybridized carbons (Fsp3) is 0.130. The van der Waals surface area contributed by atoms with Crippen LogP contribution in [0.3, 0.4) is 0 Å². The van der Waals surface area contributed by atoms with Crippen LogP contribution in [0.4, 0.5) is 5.69 Å². The second kappa shape index (κ2) is 9.90. The zero-order valence-electron chi connectivity index (χ0n) is 16.9. The Morgan fingerprint density at radius 2 is 1.52 bits per heavy atom. The molecule has 0 atom stereocenters. The molecule has 3 rings (SSSR count). The summed E-state index contributed by atoms with van der Waals surface area (Å²) in [6.45, 7) is 2.23. The van der Waals surface area contributed by atoms with E-state index in [0.717, 1.165) is 5.56 Å². The Kier molecular flexibility index (Phi) is 7.04. The summed E-state index contributed by atoms with van der Waals surface area (Å²) in [5.74, 6) is -0.931. The number of amides is 1. The molecule has 0 fully saturated rings. The number of anilines is 1. The van der Waals surface area contributed by atoms with Crippen molar-refractivity contribution < 1.29 is 22.7 Å². The maximum Gasteiger partial charge on any atom is 0.338 e. The van der Waals surface area contributed by atoms with Crippen LogP contribution in [0.2, 0.25) is 0 Å². The van der Waals surface area contributed by atoms with Crippen LogP contribution in [0.5, 0.6) is 0 Å². The van der Waals surface area contributed by atoms with Gasteiger partial charge in [0.15, 0.2) is 0 Å². The van der Waals surface area contributed by atoms with Crippen molar-refractivity contribution in [2.75, 3.05) is 11.3 Å². The zero-order valence-corrected chi connectivity index (χ0v) is 17.7. The van der Waals surface area contributed by atoms with Crippen molar-refractivity contribution in [1.82, 2.24) is 5.32 Å². The Balaban J connectivity index is 1.76. The summed E-state index contributed by atoms with van der Waals surface area (Å²) in [5.41, 5.74) is 1.53. The number of para-hydroxylation sites is 1. The van der Waals surface area contributed by atoms with Gasteiger partial charge in [-0.25, -0.2) is 13.2 Å². The molecule has 1 amide bonds. The number of rotatable bonds is 8. The van der Waals surface area contributed by atoms with Crippen LogP contribution < -0.4 is 10.0 Å². The Morgan fingerprint density at radius 3 is 2.19 bits per heavy atom. The molecule has 0 aliphatic heterocycles. The molecule has 8 heteroatoms. The highest BCUT2D eigenvalue weighted by atomic mass is 32.2. The van der Waals surface area contributed by atoms with Crippen molar-refractivity contribution in [3.05, 3.63) is 95.6 Å². The van der Waals surface area contributed by atoms with E-state index in [4.69, 9.17) is 4.74 Å². The van der Waals surface area contributed by atoms with Gasteiger partial charge in [0, 0.05) is 6.54 Å². The van der Waals surface area contributed by atoms with Crippen molar-refractivity contribution in [2.45, 2.75) is 18.4 Å². The largest absolute Gasteiger partial charge is 0.462 e. The van der Waals surface area contributed by atoms with Gasteiger partial charge in [0.05, 0.1) is 28.3 Å². The molecular weight excluding hydrogens is 416 g/mol. The molecule has 0 heterocycles. The topological polar surface area (TPSA) is 102 Å². The average molecular weight is 439 g/mol. The summed E-state index contributed by atoms with van der Waals surface area (Å²) < 4.78 is 33.0. The lowest BCUT2D eigenvalue weighted by atomic mass is 10.1. The van der Waals surface area contributed by atoms with Gasteiger partial charge in [0.2, 0.25) is 0 Å². The number of benzene rings is 3. The van der Waals surface area contributed by atoms with Crippen LogP contribution in [0.15, 0.2) is 83.8 Å². The van der Waals surface area contributed by atoms with E-state index in [1.54, 1.807) is 25.1 Å². The van der Waals surface area contributed by atoms with E-state index in [1.165, 1.54) is 30.3 Å². The monoisotopic (exact) mass is 438 g/mol. The molecule has 0 aliphatic carbocycles. The van der Waals surface area contributed by atoms with Crippen molar-refractivity contribution in [3.8, 4) is 0 Å². The molecule has 7 nitrogen and oxygen atoms in total. The van der Waals surface area contributed by atoms with Gasteiger partial charge in [-0.1, -0.05) is 42.5 Å². The van der Waals surface area contributed by atoms with Crippen LogP contribution in [-0.4, -0.2) is 26.9 Å². The molecule has 0 spiro atoms. The quantitative estimate of drug-likeness (QED) is 0.524. The van der Waals surface area contributed by atoms with Gasteiger partial charge in [0.1, 0.15) is 0 Å². The van der Waals surface area contributed by atoms with Crippen LogP contribution in [0.25, 0.3) is 0 Å². The fourth-order valence-corrected chi connectivity index (χ4v) is 3.91. The van der Waals surface area contributed by atoms with Gasteiger partial charge in [0.25, 0.3) is 15.9 Å². The Morgan fingerprint density at radius 1 is 0.871 bits per heavy atom. The molecule has 31 heavy (non-hydrogen) atoms. The number of carbonyl (C=O) groups is 2. The van der Waals surface area contributed by atoms with Crippen LogP contribution >= 0.6 is 0 Å². The Bertz CT molecular complexity index is 1160. The molecule has 160 valence electrons. The van der Waals surface area contributed by atoms with Crippen molar-refractivity contribution in [1.29, 1.82) is 0 Å². The van der Waals surface area contributed by atoms with E-state index in [1.807, 2.05) is 30.3 Å². The lowest BCUT2D eigenvalue weighted by Gasteiger charge is -2.13. The lowest BCUT2D eigenvalue weighted by molar-refractivity contribution is 0.0526. The summed E-state index contributed by atoms with van der Waals surface area (Å²) in [6.07, 6.45) is 0. The lowest BCUT2D eigenvalue weighted by Crippen LogP contribution is -2.25. The Labute approximate surface area is 181 Å². The Hall–Kier alpha value is -3.65. The predicted octanol–water partition coefficient (Wildman–Crippen LogP) is 3.59. The summed E-state index contributed by atoms with van der Waals surface area (Å²) in [7, 11) is -3.97. The number of ether oxygens (including phenoxy) is 1. The smallest absolute Gasteiger partial charge is 0.338 e. The van der Waals surface area contributed by atoms with Gasteiger partial charge in [-0.15, -0.1) is 0 Å². The third-order valence-corrected chi connectivity index (χ3v) is 5.77. The van der Waals surface area contributed by atoms with E-state index in [2.05, 4.69) is 10.0 Å². The van der Waals surface area contributed by atoms with Gasteiger partial charge in [-0.05, 0) is 48.9 Å². The summed E-state index contributed by atoms with van der Waals surface area (Å²) in [4.78, 5) is 24.4. The standard InChI is InChI=1S/C23H22N2O5S/c1-2-30-23(27)18-12-14-19(15-13-18)31(28,29)25-21-11-7-6-10-20(21)22(26)24-16-17-8-4-3-5-9-17/h3-15,25H,2,16H2,1H3,(H,24,26). The minimum Gasteiger partial charge on any atom is -0.462 e. The summed E-state index contributed by atoms with van der Waals surface area (Å²) in [6, 6.07) is 21.1. The third kappa shape index (κ3) is 5.70. The molecule has 0 radical (unpaired) electrons. The molecule has 2 N–H and O–H groups in total. The van der Waals surface area contributed by atoms with E-state index in [9.17, 15) is 18.0 Å². The zero-order chi connectivity index (χ0) is 22.3. The van der Waals surface area contributed by atoms with E-state index < -0.39 is 21.9 Å². The molecule has 3 aromatic carbocycles. The molecular formula is C23H22N2O5S. The van der Waals surface area contributed by atoms with Crippen molar-refractivity contribution >= 4 is 27.6 Å². The van der Waals surface area contributed by atoms with Crippen LogP contribution in [0, 0.1) is 0 Å². The summed E-state index contributed by atoms with van der Waals surface area (Å²) in [5, 5.41) is 2.79. The van der Waals surface area contributed by atoms with Crippen molar-refractivity contribution in [2.24, 2.45) is 0 Å². The normalized spacial score (nSPS) is 10.9. The number of nitrogens with one attached hydrogen (secondary N) is 2. The molecule has 0 unspecified atom stereocenters. The van der Waals surface area contributed by atoms with Crippen LogP contribution in [-0.2, 0) is 21.3 Å². The highest BCUT2D eigenvalue weighted by molar-refractivity contribution is 7.92. The first-order chi connectivity index (χ1) is 14.9. The van der Waals surface area contributed by atoms with Gasteiger partial charge in [-0.3, -0.25) is 9.52 Å². The minimum atomic E-state index is -3.97. The molecule has 0 saturated heterocycles. The molecule has 0 aromatic heterocycles. The predicted molar refractivity (Wildman–Crippen MR) is 117 cm³/mol. The van der Waals surface area contributed by atoms with Gasteiger partial charge >= 0.3 is 5.97 Å². The molecule has 3 aromatic rings. The highest BCUT2D eigenvalue weighted by Crippen LogP contribution is 2.21. The van der Waals surface area contributed by atoms with E-state index >= 15 is 0 Å². The minimum absolute atomic E-state index is 0.0416. The number of carbonyl (C=O) groups excluding carboxylic acids is 2.